The minimum atomic E-state index is -0.525. The number of anilines is 1. The van der Waals surface area contributed by atoms with Crippen LogP contribution in [0.5, 0.6) is 0 Å². The van der Waals surface area contributed by atoms with Crippen molar-refractivity contribution in [1.82, 2.24) is 5.32 Å². The largest absolute Gasteiger partial charge is 0.399 e. The van der Waals surface area contributed by atoms with Gasteiger partial charge in [0.05, 0.1) is 6.61 Å². The molecule has 0 radical (unpaired) electrons. The zero-order chi connectivity index (χ0) is 13.9. The van der Waals surface area contributed by atoms with E-state index < -0.39 is 5.82 Å². The molecule has 0 aliphatic heterocycles. The third kappa shape index (κ3) is 3.23. The molecule has 1 aliphatic rings. The average Bonchev–Trinajstić information content (AvgIpc) is 2.84. The summed E-state index contributed by atoms with van der Waals surface area (Å²) in [5.74, 6) is -0.881. The van der Waals surface area contributed by atoms with Crippen LogP contribution in [0.3, 0.4) is 0 Å². The summed E-state index contributed by atoms with van der Waals surface area (Å²) in [4.78, 5) is 11.9. The van der Waals surface area contributed by atoms with Crippen LogP contribution < -0.4 is 11.1 Å². The second-order valence-corrected chi connectivity index (χ2v) is 5.32. The third-order valence-electron chi connectivity index (χ3n) is 3.81. The maximum Gasteiger partial charge on any atom is 0.251 e. The fourth-order valence-electron chi connectivity index (χ4n) is 2.63. The minimum Gasteiger partial charge on any atom is -0.399 e. The van der Waals surface area contributed by atoms with Crippen LogP contribution in [0.2, 0.25) is 0 Å². The Bertz CT molecular complexity index is 450. The lowest BCUT2D eigenvalue weighted by molar-refractivity contribution is 0.0880. The van der Waals surface area contributed by atoms with E-state index in [9.17, 15) is 14.3 Å². The lowest BCUT2D eigenvalue weighted by atomic mass is 9.87. The fraction of sp³-hybridized carbons (Fsp3) is 0.500. The van der Waals surface area contributed by atoms with Crippen molar-refractivity contribution in [2.75, 3.05) is 18.9 Å². The smallest absolute Gasteiger partial charge is 0.251 e. The number of aliphatic hydroxyl groups is 1. The molecule has 0 saturated heterocycles. The molecule has 1 aromatic rings. The Labute approximate surface area is 111 Å². The van der Waals surface area contributed by atoms with Crippen LogP contribution >= 0.6 is 0 Å². The van der Waals surface area contributed by atoms with Gasteiger partial charge >= 0.3 is 0 Å². The number of amides is 1. The van der Waals surface area contributed by atoms with Gasteiger partial charge in [0.2, 0.25) is 0 Å². The summed E-state index contributed by atoms with van der Waals surface area (Å²) >= 11 is 0. The van der Waals surface area contributed by atoms with E-state index in [4.69, 9.17) is 5.73 Å². The van der Waals surface area contributed by atoms with Crippen molar-refractivity contribution in [3.63, 3.8) is 0 Å². The molecule has 0 bridgehead atoms. The summed E-state index contributed by atoms with van der Waals surface area (Å²) < 4.78 is 13.2. The van der Waals surface area contributed by atoms with Gasteiger partial charge in [-0.2, -0.15) is 0 Å². The highest BCUT2D eigenvalue weighted by molar-refractivity contribution is 5.95. The van der Waals surface area contributed by atoms with Crippen molar-refractivity contribution >= 4 is 11.6 Å². The molecule has 19 heavy (non-hydrogen) atoms. The van der Waals surface area contributed by atoms with Gasteiger partial charge in [0.1, 0.15) is 5.82 Å². The van der Waals surface area contributed by atoms with E-state index in [2.05, 4.69) is 5.32 Å². The first-order valence-corrected chi connectivity index (χ1v) is 6.50. The van der Waals surface area contributed by atoms with Gasteiger partial charge < -0.3 is 16.2 Å². The number of nitrogen functional groups attached to an aromatic ring is 1. The average molecular weight is 266 g/mol. The maximum absolute atomic E-state index is 13.2. The molecule has 5 heteroatoms. The predicted molar refractivity (Wildman–Crippen MR) is 71.1 cm³/mol. The number of aliphatic hydroxyl groups excluding tert-OH is 1. The third-order valence-corrected chi connectivity index (χ3v) is 3.81. The molecule has 0 unspecified atom stereocenters. The van der Waals surface area contributed by atoms with Gasteiger partial charge in [-0.25, -0.2) is 4.39 Å². The Morgan fingerprint density at radius 3 is 2.63 bits per heavy atom. The van der Waals surface area contributed by atoms with Crippen LogP contribution in [-0.4, -0.2) is 24.2 Å². The van der Waals surface area contributed by atoms with Crippen molar-refractivity contribution in [1.29, 1.82) is 0 Å². The monoisotopic (exact) mass is 266 g/mol. The number of halogens is 1. The standard InChI is InChI=1S/C14H19FN2O2/c15-11-5-10(6-12(16)7-11)13(19)17-8-14(9-18)3-1-2-4-14/h5-7,18H,1-4,8-9,16H2,(H,17,19). The highest BCUT2D eigenvalue weighted by atomic mass is 19.1. The molecule has 4 N–H and O–H groups in total. The SMILES string of the molecule is Nc1cc(F)cc(C(=O)NCC2(CO)CCCC2)c1. The number of rotatable bonds is 4. The van der Waals surface area contributed by atoms with Crippen molar-refractivity contribution in [2.24, 2.45) is 5.41 Å². The van der Waals surface area contributed by atoms with Gasteiger partial charge in [0.15, 0.2) is 0 Å². The number of hydrogen-bond acceptors (Lipinski definition) is 3. The van der Waals surface area contributed by atoms with E-state index in [1.54, 1.807) is 0 Å². The summed E-state index contributed by atoms with van der Waals surface area (Å²) in [6.45, 7) is 0.483. The number of carbonyl (C=O) groups is 1. The highest BCUT2D eigenvalue weighted by Gasteiger charge is 2.33. The van der Waals surface area contributed by atoms with Crippen molar-refractivity contribution in [2.45, 2.75) is 25.7 Å². The van der Waals surface area contributed by atoms with E-state index >= 15 is 0 Å². The Hall–Kier alpha value is -1.62. The highest BCUT2D eigenvalue weighted by Crippen LogP contribution is 2.36. The zero-order valence-corrected chi connectivity index (χ0v) is 10.8. The van der Waals surface area contributed by atoms with Crippen LogP contribution in [0.4, 0.5) is 10.1 Å². The quantitative estimate of drug-likeness (QED) is 0.726. The lowest BCUT2D eigenvalue weighted by Crippen LogP contribution is -2.38. The molecule has 4 nitrogen and oxygen atoms in total. The van der Waals surface area contributed by atoms with Gasteiger partial charge in [-0.3, -0.25) is 4.79 Å². The van der Waals surface area contributed by atoms with Crippen LogP contribution in [0.1, 0.15) is 36.0 Å². The number of nitrogens with two attached hydrogens (primary N) is 1. The van der Waals surface area contributed by atoms with E-state index in [0.717, 1.165) is 31.7 Å². The molecule has 1 aromatic carbocycles. The first-order valence-electron chi connectivity index (χ1n) is 6.50. The molecule has 1 aliphatic carbocycles. The summed E-state index contributed by atoms with van der Waals surface area (Å²) in [6, 6.07) is 3.77. The van der Waals surface area contributed by atoms with Gasteiger partial charge in [-0.1, -0.05) is 12.8 Å². The van der Waals surface area contributed by atoms with Crippen molar-refractivity contribution in [3.05, 3.63) is 29.6 Å². The van der Waals surface area contributed by atoms with Crippen LogP contribution in [0.25, 0.3) is 0 Å². The molecule has 1 saturated carbocycles. The van der Waals surface area contributed by atoms with Crippen molar-refractivity contribution in [3.8, 4) is 0 Å². The summed E-state index contributed by atoms with van der Waals surface area (Å²) in [5.41, 5.74) is 5.73. The predicted octanol–water partition coefficient (Wildman–Crippen LogP) is 1.69. The first-order chi connectivity index (χ1) is 9.04. The molecule has 104 valence electrons. The number of carbonyl (C=O) groups excluding carboxylic acids is 1. The molecule has 2 rings (SSSR count). The molecular weight excluding hydrogens is 247 g/mol. The minimum absolute atomic E-state index is 0.0680. The van der Waals surface area contributed by atoms with E-state index in [1.807, 2.05) is 0 Å². The van der Waals surface area contributed by atoms with Gasteiger partial charge in [0, 0.05) is 23.2 Å². The summed E-state index contributed by atoms with van der Waals surface area (Å²) in [5, 5.41) is 12.2. The van der Waals surface area contributed by atoms with E-state index in [0.29, 0.717) is 6.54 Å². The van der Waals surface area contributed by atoms with Crippen LogP contribution in [0, 0.1) is 11.2 Å². The second-order valence-electron chi connectivity index (χ2n) is 5.32. The maximum atomic E-state index is 13.2. The van der Waals surface area contributed by atoms with E-state index in [1.165, 1.54) is 12.1 Å². The van der Waals surface area contributed by atoms with Crippen LogP contribution in [0.15, 0.2) is 18.2 Å². The Balaban J connectivity index is 2.01. The van der Waals surface area contributed by atoms with Crippen LogP contribution in [-0.2, 0) is 0 Å². The molecule has 1 amide bonds. The lowest BCUT2D eigenvalue weighted by Gasteiger charge is -2.26. The molecule has 1 fully saturated rings. The van der Waals surface area contributed by atoms with Gasteiger partial charge in [-0.15, -0.1) is 0 Å². The molecule has 0 aromatic heterocycles. The Kier molecular flexibility index (Phi) is 4.04. The first kappa shape index (κ1) is 13.8. The summed E-state index contributed by atoms with van der Waals surface area (Å²) in [7, 11) is 0. The molecule has 0 heterocycles. The Morgan fingerprint density at radius 2 is 2.05 bits per heavy atom. The fourth-order valence-corrected chi connectivity index (χ4v) is 2.63. The number of nitrogens with one attached hydrogen (secondary N) is 1. The van der Waals surface area contributed by atoms with E-state index in [-0.39, 0.29) is 29.2 Å². The normalized spacial score (nSPS) is 17.4. The Morgan fingerprint density at radius 1 is 1.37 bits per heavy atom. The zero-order valence-electron chi connectivity index (χ0n) is 10.8. The number of hydrogen-bond donors (Lipinski definition) is 3. The van der Waals surface area contributed by atoms with Gasteiger partial charge in [0.25, 0.3) is 5.91 Å². The molecular formula is C14H19FN2O2. The summed E-state index contributed by atoms with van der Waals surface area (Å²) in [6.07, 6.45) is 3.97. The van der Waals surface area contributed by atoms with Gasteiger partial charge in [-0.05, 0) is 31.0 Å². The topological polar surface area (TPSA) is 75.4 Å². The molecule has 0 atom stereocenters. The van der Waals surface area contributed by atoms with Crippen molar-refractivity contribution < 1.29 is 14.3 Å². The second kappa shape index (κ2) is 5.57. The molecule has 0 spiro atoms. The number of benzene rings is 1.